The van der Waals surface area contributed by atoms with Gasteiger partial charge in [0.25, 0.3) is 0 Å². The maximum Gasteiger partial charge on any atom is 0.248 e. The topological polar surface area (TPSA) is 75.7 Å². The molecule has 0 unspecified atom stereocenters. The monoisotopic (exact) mass is 402 g/mol. The predicted molar refractivity (Wildman–Crippen MR) is 112 cm³/mol. The second-order valence-electron chi connectivity index (χ2n) is 6.30. The highest BCUT2D eigenvalue weighted by Crippen LogP contribution is 2.18. The van der Waals surface area contributed by atoms with E-state index in [9.17, 15) is 13.2 Å². The Balaban J connectivity index is 2.01. The molecule has 7 heteroatoms. The lowest BCUT2D eigenvalue weighted by molar-refractivity contribution is -0.111. The van der Waals surface area contributed by atoms with Crippen LogP contribution in [0.15, 0.2) is 59.5 Å². The lowest BCUT2D eigenvalue weighted by Crippen LogP contribution is -2.27. The molecule has 0 fully saturated rings. The minimum atomic E-state index is -3.51. The number of nitrogens with zero attached hydrogens (tertiary/aromatic N) is 1. The molecule has 0 aliphatic rings. The van der Waals surface area contributed by atoms with Crippen molar-refractivity contribution in [1.29, 1.82) is 0 Å². The first-order valence-corrected chi connectivity index (χ1v) is 10.5. The highest BCUT2D eigenvalue weighted by atomic mass is 32.2. The number of sulfonamides is 1. The second kappa shape index (κ2) is 10.1. The van der Waals surface area contributed by atoms with E-state index in [0.717, 1.165) is 18.4 Å². The van der Waals surface area contributed by atoms with Crippen molar-refractivity contribution in [3.05, 3.63) is 60.2 Å². The summed E-state index contributed by atoms with van der Waals surface area (Å²) in [6.07, 6.45) is 4.83. The van der Waals surface area contributed by atoms with Crippen LogP contribution in [0.25, 0.3) is 6.08 Å². The van der Waals surface area contributed by atoms with E-state index in [1.165, 1.54) is 22.5 Å². The van der Waals surface area contributed by atoms with Crippen LogP contribution in [0.3, 0.4) is 0 Å². The minimum absolute atomic E-state index is 0.205. The van der Waals surface area contributed by atoms with Crippen LogP contribution in [0.1, 0.15) is 25.3 Å². The Labute approximate surface area is 166 Å². The van der Waals surface area contributed by atoms with E-state index in [1.54, 1.807) is 32.4 Å². The summed E-state index contributed by atoms with van der Waals surface area (Å²) in [6.45, 7) is 2.49. The average Bonchev–Trinajstić information content (AvgIpc) is 2.71. The van der Waals surface area contributed by atoms with Crippen molar-refractivity contribution in [2.24, 2.45) is 0 Å². The molecule has 150 valence electrons. The lowest BCUT2D eigenvalue weighted by Gasteiger charge is -2.17. The van der Waals surface area contributed by atoms with Gasteiger partial charge in [0, 0.05) is 25.4 Å². The molecule has 0 aliphatic heterocycles. The van der Waals surface area contributed by atoms with Gasteiger partial charge in [-0.3, -0.25) is 4.79 Å². The molecule has 2 aromatic carbocycles. The molecule has 0 spiro atoms. The number of ether oxygens (including phenoxy) is 1. The highest BCUT2D eigenvalue weighted by Gasteiger charge is 2.19. The van der Waals surface area contributed by atoms with Crippen molar-refractivity contribution >= 4 is 27.7 Å². The standard InChI is InChI=1S/C21H26N2O4S/c1-4-5-15-23(2)28(25,26)20-12-10-18(11-13-20)22-21(24)14-9-17-7-6-8-19(16-17)27-3/h6-14,16H,4-5,15H2,1-3H3,(H,22,24)/b14-9+. The number of carbonyl (C=O) groups excluding carboxylic acids is 1. The van der Waals surface area contributed by atoms with Crippen molar-refractivity contribution in [2.45, 2.75) is 24.7 Å². The zero-order valence-electron chi connectivity index (χ0n) is 16.4. The molecule has 0 aromatic heterocycles. The van der Waals surface area contributed by atoms with Crippen molar-refractivity contribution in [3.63, 3.8) is 0 Å². The van der Waals surface area contributed by atoms with Gasteiger partial charge >= 0.3 is 0 Å². The predicted octanol–water partition coefficient (Wildman–Crippen LogP) is 3.77. The molecule has 0 saturated carbocycles. The number of rotatable bonds is 9. The van der Waals surface area contributed by atoms with Gasteiger partial charge in [0.1, 0.15) is 5.75 Å². The number of amides is 1. The number of unbranched alkanes of at least 4 members (excludes halogenated alkanes) is 1. The number of carbonyl (C=O) groups is 1. The van der Waals surface area contributed by atoms with Crippen LogP contribution < -0.4 is 10.1 Å². The van der Waals surface area contributed by atoms with Crippen LogP contribution in [0, 0.1) is 0 Å². The van der Waals surface area contributed by atoms with E-state index in [1.807, 2.05) is 31.2 Å². The normalized spacial score (nSPS) is 11.7. The summed E-state index contributed by atoms with van der Waals surface area (Å²) in [7, 11) is -0.357. The Morgan fingerprint density at radius 1 is 1.18 bits per heavy atom. The lowest BCUT2D eigenvalue weighted by atomic mass is 10.2. The van der Waals surface area contributed by atoms with Gasteiger partial charge in [0.05, 0.1) is 12.0 Å². The van der Waals surface area contributed by atoms with E-state index < -0.39 is 10.0 Å². The fourth-order valence-corrected chi connectivity index (χ4v) is 3.70. The summed E-state index contributed by atoms with van der Waals surface area (Å²) in [5.41, 5.74) is 1.36. The van der Waals surface area contributed by atoms with Crippen LogP contribution >= 0.6 is 0 Å². The van der Waals surface area contributed by atoms with E-state index in [2.05, 4.69) is 5.32 Å². The third-order valence-electron chi connectivity index (χ3n) is 4.18. The molecule has 1 amide bonds. The van der Waals surface area contributed by atoms with Gasteiger partial charge in [0.2, 0.25) is 15.9 Å². The second-order valence-corrected chi connectivity index (χ2v) is 8.35. The highest BCUT2D eigenvalue weighted by molar-refractivity contribution is 7.89. The van der Waals surface area contributed by atoms with Gasteiger partial charge in [-0.1, -0.05) is 25.5 Å². The fraction of sp³-hybridized carbons (Fsp3) is 0.286. The van der Waals surface area contributed by atoms with Gasteiger partial charge in [-0.05, 0) is 54.5 Å². The molecule has 2 aromatic rings. The molecule has 0 saturated heterocycles. The number of hydrogen-bond acceptors (Lipinski definition) is 4. The molecule has 6 nitrogen and oxygen atoms in total. The number of methoxy groups -OCH3 is 1. The maximum absolute atomic E-state index is 12.5. The quantitative estimate of drug-likeness (QED) is 0.648. The van der Waals surface area contributed by atoms with Crippen LogP contribution in [-0.4, -0.2) is 39.3 Å². The van der Waals surface area contributed by atoms with Crippen molar-refractivity contribution in [2.75, 3.05) is 26.0 Å². The average molecular weight is 403 g/mol. The summed E-state index contributed by atoms with van der Waals surface area (Å²) < 4.78 is 31.5. The zero-order chi connectivity index (χ0) is 20.6. The van der Waals surface area contributed by atoms with Crippen LogP contribution in [0.2, 0.25) is 0 Å². The van der Waals surface area contributed by atoms with Crippen molar-refractivity contribution < 1.29 is 17.9 Å². The fourth-order valence-electron chi connectivity index (χ4n) is 2.49. The van der Waals surface area contributed by atoms with Crippen LogP contribution in [0.5, 0.6) is 5.75 Å². The summed E-state index contributed by atoms with van der Waals surface area (Å²) in [5.74, 6) is 0.404. The van der Waals surface area contributed by atoms with E-state index in [4.69, 9.17) is 4.74 Å². The Morgan fingerprint density at radius 2 is 1.89 bits per heavy atom. The van der Waals surface area contributed by atoms with E-state index >= 15 is 0 Å². The van der Waals surface area contributed by atoms with Gasteiger partial charge < -0.3 is 10.1 Å². The first-order valence-electron chi connectivity index (χ1n) is 9.06. The Morgan fingerprint density at radius 3 is 2.54 bits per heavy atom. The molecular weight excluding hydrogens is 376 g/mol. The number of benzene rings is 2. The van der Waals surface area contributed by atoms with E-state index in [-0.39, 0.29) is 10.8 Å². The third kappa shape index (κ3) is 5.94. The SMILES string of the molecule is CCCCN(C)S(=O)(=O)c1ccc(NC(=O)/C=C/c2cccc(OC)c2)cc1. The zero-order valence-corrected chi connectivity index (χ0v) is 17.2. The molecule has 0 atom stereocenters. The van der Waals surface area contributed by atoms with Crippen LogP contribution in [-0.2, 0) is 14.8 Å². The molecule has 1 N–H and O–H groups in total. The van der Waals surface area contributed by atoms with E-state index in [0.29, 0.717) is 18.0 Å². The number of nitrogens with one attached hydrogen (secondary N) is 1. The molecule has 0 heterocycles. The van der Waals surface area contributed by atoms with Gasteiger partial charge in [-0.2, -0.15) is 0 Å². The molecular formula is C21H26N2O4S. The van der Waals surface area contributed by atoms with Gasteiger partial charge in [-0.15, -0.1) is 0 Å². The number of hydrogen-bond donors (Lipinski definition) is 1. The molecule has 28 heavy (non-hydrogen) atoms. The minimum Gasteiger partial charge on any atom is -0.497 e. The summed E-state index contributed by atoms with van der Waals surface area (Å²) in [6, 6.07) is 13.5. The Hall–Kier alpha value is -2.64. The van der Waals surface area contributed by atoms with Crippen molar-refractivity contribution in [3.8, 4) is 5.75 Å². The third-order valence-corrected chi connectivity index (χ3v) is 6.05. The number of anilines is 1. The summed E-state index contributed by atoms with van der Waals surface area (Å²) in [5, 5.41) is 2.72. The Bertz CT molecular complexity index is 922. The first kappa shape index (κ1) is 21.7. The molecule has 0 aliphatic carbocycles. The Kier molecular flexibility index (Phi) is 7.78. The molecule has 0 radical (unpaired) electrons. The summed E-state index contributed by atoms with van der Waals surface area (Å²) in [4.78, 5) is 12.3. The maximum atomic E-state index is 12.5. The van der Waals surface area contributed by atoms with Crippen molar-refractivity contribution in [1.82, 2.24) is 4.31 Å². The first-order chi connectivity index (χ1) is 13.4. The van der Waals surface area contributed by atoms with Gasteiger partial charge in [-0.25, -0.2) is 12.7 Å². The summed E-state index contributed by atoms with van der Waals surface area (Å²) >= 11 is 0. The molecule has 0 bridgehead atoms. The van der Waals surface area contributed by atoms with Gasteiger partial charge in [0.15, 0.2) is 0 Å². The largest absolute Gasteiger partial charge is 0.497 e. The van der Waals surface area contributed by atoms with Crippen LogP contribution in [0.4, 0.5) is 5.69 Å². The molecule has 2 rings (SSSR count). The smallest absolute Gasteiger partial charge is 0.248 e.